The Kier molecular flexibility index (Phi) is 5.58. The maximum absolute atomic E-state index is 13.2. The second-order valence-electron chi connectivity index (χ2n) is 7.37. The van der Waals surface area contributed by atoms with Crippen LogP contribution in [0.3, 0.4) is 0 Å². The molecule has 150 valence electrons. The second-order valence-corrected chi connectivity index (χ2v) is 7.37. The number of anilines is 1. The molecule has 4 rings (SSSR count). The summed E-state index contributed by atoms with van der Waals surface area (Å²) in [5.74, 6) is -0.751. The van der Waals surface area contributed by atoms with Gasteiger partial charge in [0.15, 0.2) is 11.4 Å². The number of fused-ring (bicyclic) bond motifs is 1. The molecule has 6 heteroatoms. The zero-order chi connectivity index (χ0) is 20.3. The zero-order valence-corrected chi connectivity index (χ0v) is 16.2. The minimum Gasteiger partial charge on any atom is -0.379 e. The Morgan fingerprint density at radius 1 is 1.07 bits per heavy atom. The van der Waals surface area contributed by atoms with Crippen molar-refractivity contribution in [2.45, 2.75) is 12.0 Å². The molecule has 0 spiro atoms. The van der Waals surface area contributed by atoms with Gasteiger partial charge in [-0.1, -0.05) is 54.6 Å². The molecular weight excluding hydrogens is 368 g/mol. The zero-order valence-electron chi connectivity index (χ0n) is 16.2. The summed E-state index contributed by atoms with van der Waals surface area (Å²) in [5, 5.41) is 11.3. The first kappa shape index (κ1) is 19.5. The van der Waals surface area contributed by atoms with Gasteiger partial charge in [-0.15, -0.1) is 0 Å². The van der Waals surface area contributed by atoms with E-state index in [1.165, 1.54) is 6.08 Å². The van der Waals surface area contributed by atoms with E-state index in [4.69, 9.17) is 4.74 Å². The standard InChI is InChI=1S/C23H24N2O4/c26-19(11-10-18-6-2-1-3-7-18)16-23(28)20-8-4-5-9-21(20)25(22(23)27)17-24-12-14-29-15-13-24/h1-11,28H,12-17H2/b11-10+. The molecule has 1 unspecified atom stereocenters. The number of ketones is 1. The summed E-state index contributed by atoms with van der Waals surface area (Å²) in [5.41, 5.74) is 0.187. The summed E-state index contributed by atoms with van der Waals surface area (Å²) in [4.78, 5) is 29.5. The number of hydrogen-bond donors (Lipinski definition) is 1. The van der Waals surface area contributed by atoms with Crippen molar-refractivity contribution in [3.8, 4) is 0 Å². The topological polar surface area (TPSA) is 70.1 Å². The van der Waals surface area contributed by atoms with E-state index in [9.17, 15) is 14.7 Å². The van der Waals surface area contributed by atoms with E-state index in [0.717, 1.165) is 18.7 Å². The van der Waals surface area contributed by atoms with Crippen molar-refractivity contribution in [3.05, 3.63) is 71.8 Å². The number of hydrogen-bond acceptors (Lipinski definition) is 5. The molecule has 2 aromatic rings. The Balaban J connectivity index is 1.54. The molecule has 2 heterocycles. The first-order valence-electron chi connectivity index (χ1n) is 9.78. The Labute approximate surface area is 170 Å². The number of morpholine rings is 1. The van der Waals surface area contributed by atoms with E-state index in [-0.39, 0.29) is 12.2 Å². The van der Waals surface area contributed by atoms with Gasteiger partial charge in [0.1, 0.15) is 0 Å². The minimum absolute atomic E-state index is 0.286. The number of nitrogens with zero attached hydrogens (tertiary/aromatic N) is 2. The van der Waals surface area contributed by atoms with Crippen molar-refractivity contribution in [3.63, 3.8) is 0 Å². The van der Waals surface area contributed by atoms with Gasteiger partial charge in [0.05, 0.1) is 32.0 Å². The average molecular weight is 392 g/mol. The molecule has 1 N–H and O–H groups in total. The smallest absolute Gasteiger partial charge is 0.265 e. The normalized spacial score (nSPS) is 22.2. The van der Waals surface area contributed by atoms with Gasteiger partial charge in [-0.05, 0) is 17.7 Å². The third-order valence-electron chi connectivity index (χ3n) is 5.38. The summed E-state index contributed by atoms with van der Waals surface area (Å²) < 4.78 is 5.37. The van der Waals surface area contributed by atoms with Crippen LogP contribution in [0.25, 0.3) is 6.08 Å². The number of ether oxygens (including phenoxy) is 1. The summed E-state index contributed by atoms with van der Waals surface area (Å²) in [6.07, 6.45) is 2.84. The van der Waals surface area contributed by atoms with E-state index in [2.05, 4.69) is 4.90 Å². The van der Waals surface area contributed by atoms with Gasteiger partial charge >= 0.3 is 0 Å². The number of carbonyl (C=O) groups is 2. The summed E-state index contributed by atoms with van der Waals surface area (Å²) in [6.45, 7) is 3.06. The fourth-order valence-electron chi connectivity index (χ4n) is 3.82. The highest BCUT2D eigenvalue weighted by Gasteiger charge is 2.50. The minimum atomic E-state index is -1.85. The second kappa shape index (κ2) is 8.29. The fourth-order valence-corrected chi connectivity index (χ4v) is 3.82. The highest BCUT2D eigenvalue weighted by Crippen LogP contribution is 2.42. The van der Waals surface area contributed by atoms with Gasteiger partial charge in [0.25, 0.3) is 5.91 Å². The number of allylic oxidation sites excluding steroid dienone is 1. The van der Waals surface area contributed by atoms with Crippen LogP contribution >= 0.6 is 0 Å². The summed E-state index contributed by atoms with van der Waals surface area (Å²) in [6, 6.07) is 16.6. The molecule has 29 heavy (non-hydrogen) atoms. The lowest BCUT2D eigenvalue weighted by molar-refractivity contribution is -0.141. The molecule has 0 aromatic heterocycles. The molecule has 0 aliphatic carbocycles. The van der Waals surface area contributed by atoms with Gasteiger partial charge in [-0.2, -0.15) is 0 Å². The van der Waals surface area contributed by atoms with Crippen molar-refractivity contribution in [2.75, 3.05) is 37.9 Å². The van der Waals surface area contributed by atoms with E-state index in [1.807, 2.05) is 42.5 Å². The molecule has 0 radical (unpaired) electrons. The van der Waals surface area contributed by atoms with Gasteiger partial charge in [-0.25, -0.2) is 0 Å². The molecule has 0 saturated carbocycles. The van der Waals surface area contributed by atoms with Gasteiger partial charge in [-0.3, -0.25) is 19.4 Å². The van der Waals surface area contributed by atoms with Crippen LogP contribution in [0.4, 0.5) is 5.69 Å². The number of amides is 1. The lowest BCUT2D eigenvalue weighted by Crippen LogP contribution is -2.48. The van der Waals surface area contributed by atoms with Crippen LogP contribution in [0.15, 0.2) is 60.7 Å². The van der Waals surface area contributed by atoms with Crippen LogP contribution in [-0.4, -0.2) is 54.7 Å². The van der Waals surface area contributed by atoms with E-state index in [0.29, 0.717) is 31.1 Å². The molecule has 2 aliphatic heterocycles. The average Bonchev–Trinajstić information content (AvgIpc) is 2.96. The third kappa shape index (κ3) is 4.00. The number of carbonyl (C=O) groups excluding carboxylic acids is 2. The lowest BCUT2D eigenvalue weighted by Gasteiger charge is -2.31. The highest BCUT2D eigenvalue weighted by atomic mass is 16.5. The molecule has 1 fully saturated rings. The predicted octanol–water partition coefficient (Wildman–Crippen LogP) is 2.18. The van der Waals surface area contributed by atoms with Gasteiger partial charge in [0.2, 0.25) is 0 Å². The fraction of sp³-hybridized carbons (Fsp3) is 0.304. The Morgan fingerprint density at radius 3 is 2.52 bits per heavy atom. The van der Waals surface area contributed by atoms with Crippen molar-refractivity contribution in [2.24, 2.45) is 0 Å². The number of aliphatic hydroxyl groups is 1. The maximum Gasteiger partial charge on any atom is 0.265 e. The molecule has 1 saturated heterocycles. The Hall–Kier alpha value is -2.80. The van der Waals surface area contributed by atoms with Crippen LogP contribution in [0.2, 0.25) is 0 Å². The van der Waals surface area contributed by atoms with Crippen molar-refractivity contribution in [1.29, 1.82) is 0 Å². The maximum atomic E-state index is 13.2. The number of rotatable bonds is 6. The molecule has 6 nitrogen and oxygen atoms in total. The van der Waals surface area contributed by atoms with E-state index < -0.39 is 11.5 Å². The third-order valence-corrected chi connectivity index (χ3v) is 5.38. The van der Waals surface area contributed by atoms with Crippen LogP contribution in [-0.2, 0) is 19.9 Å². The van der Waals surface area contributed by atoms with Crippen LogP contribution in [0, 0.1) is 0 Å². The van der Waals surface area contributed by atoms with E-state index >= 15 is 0 Å². The van der Waals surface area contributed by atoms with Gasteiger partial charge < -0.3 is 9.84 Å². The molecule has 1 atom stereocenters. The molecule has 2 aliphatic rings. The molecule has 0 bridgehead atoms. The van der Waals surface area contributed by atoms with Crippen molar-refractivity contribution in [1.82, 2.24) is 4.90 Å². The lowest BCUT2D eigenvalue weighted by atomic mass is 9.90. The number of benzene rings is 2. The molecular formula is C23H24N2O4. The monoisotopic (exact) mass is 392 g/mol. The van der Waals surface area contributed by atoms with Crippen molar-refractivity contribution < 1.29 is 19.4 Å². The molecule has 1 amide bonds. The van der Waals surface area contributed by atoms with Crippen molar-refractivity contribution >= 4 is 23.5 Å². The largest absolute Gasteiger partial charge is 0.379 e. The van der Waals surface area contributed by atoms with Crippen LogP contribution in [0.1, 0.15) is 17.5 Å². The Morgan fingerprint density at radius 2 is 1.76 bits per heavy atom. The van der Waals surface area contributed by atoms with E-state index in [1.54, 1.807) is 23.1 Å². The number of para-hydroxylation sites is 1. The molecule has 2 aromatic carbocycles. The summed E-state index contributed by atoms with van der Waals surface area (Å²) >= 11 is 0. The predicted molar refractivity (Wildman–Crippen MR) is 110 cm³/mol. The quantitative estimate of drug-likeness (QED) is 0.763. The van der Waals surface area contributed by atoms with Gasteiger partial charge in [0, 0.05) is 18.7 Å². The van der Waals surface area contributed by atoms with Crippen LogP contribution < -0.4 is 4.90 Å². The Bertz CT molecular complexity index is 921. The first-order valence-corrected chi connectivity index (χ1v) is 9.78. The SMILES string of the molecule is O=C(/C=C/c1ccccc1)CC1(O)C(=O)N(CN2CCOCC2)c2ccccc21. The first-order chi connectivity index (χ1) is 14.1. The highest BCUT2D eigenvalue weighted by molar-refractivity contribution is 6.10. The van der Waals surface area contributed by atoms with Crippen LogP contribution in [0.5, 0.6) is 0 Å². The summed E-state index contributed by atoms with van der Waals surface area (Å²) in [7, 11) is 0.